The van der Waals surface area contributed by atoms with Crippen LogP contribution in [0.15, 0.2) is 29.3 Å². The van der Waals surface area contributed by atoms with E-state index in [0.717, 1.165) is 37.3 Å². The number of amides is 2. The van der Waals surface area contributed by atoms with Crippen molar-refractivity contribution in [3.8, 4) is 0 Å². The second kappa shape index (κ2) is 11.3. The second-order valence-electron chi connectivity index (χ2n) is 7.29. The topological polar surface area (TPSA) is 86.3 Å². The van der Waals surface area contributed by atoms with Crippen molar-refractivity contribution >= 4 is 18.0 Å². The summed E-state index contributed by atoms with van der Waals surface area (Å²) >= 11 is 0. The molecule has 1 heterocycles. The van der Waals surface area contributed by atoms with Gasteiger partial charge in [-0.2, -0.15) is 0 Å². The maximum atomic E-state index is 12.1. The van der Waals surface area contributed by atoms with Crippen LogP contribution >= 0.6 is 0 Å². The summed E-state index contributed by atoms with van der Waals surface area (Å²) in [7, 11) is 4.92. The number of carbonyl (C=O) groups is 2. The number of hydrogen-bond donors (Lipinski definition) is 2. The Bertz CT molecular complexity index is 712. The number of nitrogens with zero attached hydrogens (tertiary/aromatic N) is 3. The van der Waals surface area contributed by atoms with Crippen molar-refractivity contribution < 1.29 is 14.3 Å². The number of benzene rings is 1. The summed E-state index contributed by atoms with van der Waals surface area (Å²) in [5.41, 5.74) is 1.78. The number of ether oxygens (including phenoxy) is 1. The van der Waals surface area contributed by atoms with E-state index in [1.54, 1.807) is 23.9 Å². The van der Waals surface area contributed by atoms with Gasteiger partial charge in [0.05, 0.1) is 7.11 Å². The number of hydrogen-bond acceptors (Lipinski definition) is 4. The highest BCUT2D eigenvalue weighted by Crippen LogP contribution is 2.11. The van der Waals surface area contributed by atoms with Gasteiger partial charge in [-0.15, -0.1) is 0 Å². The molecular formula is C21H33N5O3. The summed E-state index contributed by atoms with van der Waals surface area (Å²) in [6.07, 6.45) is 2.20. The molecule has 1 saturated heterocycles. The van der Waals surface area contributed by atoms with Gasteiger partial charge < -0.3 is 25.2 Å². The highest BCUT2D eigenvalue weighted by Gasteiger charge is 2.23. The molecule has 1 fully saturated rings. The number of aliphatic imine (C=N–C) groups is 1. The number of nitrogens with one attached hydrogen (secondary N) is 2. The van der Waals surface area contributed by atoms with E-state index in [0.29, 0.717) is 25.2 Å². The summed E-state index contributed by atoms with van der Waals surface area (Å²) in [5, 5.41) is 6.74. The third kappa shape index (κ3) is 6.96. The van der Waals surface area contributed by atoms with Gasteiger partial charge >= 0.3 is 6.09 Å². The molecule has 8 heteroatoms. The predicted octanol–water partition coefficient (Wildman–Crippen LogP) is 1.72. The molecule has 2 amide bonds. The summed E-state index contributed by atoms with van der Waals surface area (Å²) < 4.78 is 4.78. The molecule has 0 unspecified atom stereocenters. The lowest BCUT2D eigenvalue weighted by Crippen LogP contribution is -2.49. The van der Waals surface area contributed by atoms with Crippen LogP contribution < -0.4 is 10.6 Å². The van der Waals surface area contributed by atoms with Gasteiger partial charge in [0.1, 0.15) is 0 Å². The Balaban J connectivity index is 1.89. The molecule has 1 aromatic rings. The van der Waals surface area contributed by atoms with Crippen LogP contribution in [0.2, 0.25) is 0 Å². The number of carbonyl (C=O) groups excluding carboxylic acids is 2. The highest BCUT2D eigenvalue weighted by atomic mass is 16.5. The first kappa shape index (κ1) is 22.5. The molecular weight excluding hydrogens is 370 g/mol. The van der Waals surface area contributed by atoms with Crippen LogP contribution in [-0.2, 0) is 11.2 Å². The Hall–Kier alpha value is -2.77. The standard InChI is InChI=1S/C21H33N5O3/c1-5-22-20(24-18-10-13-26(14-11-18)21(28)29-4)23-12-9-16-7-6-8-17(15-16)19(27)25(2)3/h6-8,15,18H,5,9-14H2,1-4H3,(H2,22,23,24). The predicted molar refractivity (Wildman–Crippen MR) is 114 cm³/mol. The van der Waals surface area contributed by atoms with Gasteiger partial charge in [-0.25, -0.2) is 4.79 Å². The third-order valence-electron chi connectivity index (χ3n) is 4.86. The average Bonchev–Trinajstić information content (AvgIpc) is 2.73. The number of methoxy groups -OCH3 is 1. The normalized spacial score (nSPS) is 15.0. The average molecular weight is 404 g/mol. The van der Waals surface area contributed by atoms with Gasteiger partial charge in [-0.3, -0.25) is 9.79 Å². The molecule has 29 heavy (non-hydrogen) atoms. The first-order valence-electron chi connectivity index (χ1n) is 10.1. The first-order chi connectivity index (χ1) is 13.9. The minimum atomic E-state index is -0.265. The summed E-state index contributed by atoms with van der Waals surface area (Å²) in [5.74, 6) is 0.785. The van der Waals surface area contributed by atoms with Gasteiger partial charge in [0.25, 0.3) is 5.91 Å². The molecule has 0 spiro atoms. The SMILES string of the molecule is CCNC(=NCCc1cccc(C(=O)N(C)C)c1)NC1CCN(C(=O)OC)CC1. The van der Waals surface area contributed by atoms with Crippen molar-refractivity contribution in [1.29, 1.82) is 0 Å². The van der Waals surface area contributed by atoms with E-state index in [-0.39, 0.29) is 18.0 Å². The van der Waals surface area contributed by atoms with Crippen LogP contribution in [0, 0.1) is 0 Å². The van der Waals surface area contributed by atoms with Crippen molar-refractivity contribution in [3.05, 3.63) is 35.4 Å². The van der Waals surface area contributed by atoms with Gasteiger partial charge in [0, 0.05) is 51.9 Å². The monoisotopic (exact) mass is 403 g/mol. The maximum absolute atomic E-state index is 12.1. The van der Waals surface area contributed by atoms with E-state index in [4.69, 9.17) is 4.74 Å². The number of guanidine groups is 1. The lowest BCUT2D eigenvalue weighted by molar-refractivity contribution is 0.0827. The van der Waals surface area contributed by atoms with Crippen LogP contribution in [0.5, 0.6) is 0 Å². The lowest BCUT2D eigenvalue weighted by Gasteiger charge is -2.32. The van der Waals surface area contributed by atoms with E-state index in [1.807, 2.05) is 31.2 Å². The fourth-order valence-electron chi connectivity index (χ4n) is 3.26. The Kier molecular flexibility index (Phi) is 8.76. The van der Waals surface area contributed by atoms with Gasteiger partial charge in [-0.05, 0) is 43.9 Å². The smallest absolute Gasteiger partial charge is 0.409 e. The molecule has 1 aliphatic rings. The van der Waals surface area contributed by atoms with E-state index in [2.05, 4.69) is 15.6 Å². The third-order valence-corrected chi connectivity index (χ3v) is 4.86. The summed E-state index contributed by atoms with van der Waals surface area (Å²) in [6, 6.07) is 7.97. The fourth-order valence-corrected chi connectivity index (χ4v) is 3.26. The molecule has 2 rings (SSSR count). The Morgan fingerprint density at radius 2 is 2.00 bits per heavy atom. The summed E-state index contributed by atoms with van der Waals surface area (Å²) in [4.78, 5) is 31.7. The van der Waals surface area contributed by atoms with Crippen LogP contribution in [0.3, 0.4) is 0 Å². The van der Waals surface area contributed by atoms with Crippen molar-refractivity contribution in [3.63, 3.8) is 0 Å². The van der Waals surface area contributed by atoms with Crippen molar-refractivity contribution in [2.45, 2.75) is 32.2 Å². The maximum Gasteiger partial charge on any atom is 0.409 e. The van der Waals surface area contributed by atoms with Gasteiger partial charge in [0.15, 0.2) is 5.96 Å². The highest BCUT2D eigenvalue weighted by molar-refractivity contribution is 5.94. The van der Waals surface area contributed by atoms with Crippen molar-refractivity contribution in [2.75, 3.05) is 47.4 Å². The molecule has 1 aliphatic heterocycles. The molecule has 0 aromatic heterocycles. The zero-order valence-electron chi connectivity index (χ0n) is 17.9. The van der Waals surface area contributed by atoms with Gasteiger partial charge in [0.2, 0.25) is 0 Å². The molecule has 0 radical (unpaired) electrons. The molecule has 0 bridgehead atoms. The van der Waals surface area contributed by atoms with E-state index in [1.165, 1.54) is 7.11 Å². The molecule has 0 aliphatic carbocycles. The molecule has 1 aromatic carbocycles. The van der Waals surface area contributed by atoms with Gasteiger partial charge in [-0.1, -0.05) is 12.1 Å². The molecule has 2 N–H and O–H groups in total. The Morgan fingerprint density at radius 1 is 1.28 bits per heavy atom. The van der Waals surface area contributed by atoms with Crippen LogP contribution in [0.25, 0.3) is 0 Å². The Morgan fingerprint density at radius 3 is 2.62 bits per heavy atom. The zero-order valence-corrected chi connectivity index (χ0v) is 17.9. The van der Waals surface area contributed by atoms with Crippen molar-refractivity contribution in [1.82, 2.24) is 20.4 Å². The molecule has 0 atom stereocenters. The van der Waals surface area contributed by atoms with E-state index in [9.17, 15) is 9.59 Å². The van der Waals surface area contributed by atoms with E-state index < -0.39 is 0 Å². The Labute approximate surface area is 173 Å². The minimum absolute atomic E-state index is 0.00338. The molecule has 0 saturated carbocycles. The second-order valence-corrected chi connectivity index (χ2v) is 7.29. The van der Waals surface area contributed by atoms with E-state index >= 15 is 0 Å². The minimum Gasteiger partial charge on any atom is -0.453 e. The number of rotatable bonds is 6. The van der Waals surface area contributed by atoms with Crippen LogP contribution in [-0.4, -0.2) is 81.2 Å². The van der Waals surface area contributed by atoms with Crippen LogP contribution in [0.4, 0.5) is 4.79 Å². The first-order valence-corrected chi connectivity index (χ1v) is 10.1. The molecule has 160 valence electrons. The van der Waals surface area contributed by atoms with Crippen LogP contribution in [0.1, 0.15) is 35.7 Å². The number of likely N-dealkylation sites (tertiary alicyclic amines) is 1. The summed E-state index contributed by atoms with van der Waals surface area (Å²) in [6.45, 7) is 4.79. The largest absolute Gasteiger partial charge is 0.453 e. The zero-order chi connectivity index (χ0) is 21.2. The lowest BCUT2D eigenvalue weighted by atomic mass is 10.1. The fraction of sp³-hybridized carbons (Fsp3) is 0.571. The van der Waals surface area contributed by atoms with Crippen molar-refractivity contribution in [2.24, 2.45) is 4.99 Å². The molecule has 8 nitrogen and oxygen atoms in total. The number of piperidine rings is 1. The quantitative estimate of drug-likeness (QED) is 0.558.